The maximum atomic E-state index is 14.2. The van der Waals surface area contributed by atoms with E-state index in [1.165, 1.54) is 0 Å². The number of rotatable bonds is 3. The van der Waals surface area contributed by atoms with Gasteiger partial charge in [0.05, 0.1) is 18.3 Å². The fraction of sp³-hybridized carbons (Fsp3) is 0.300. The number of carbonyl (C=O) groups excluding carboxylic acids is 2. The quantitative estimate of drug-likeness (QED) is 0.153. The molecule has 8 heterocycles. The highest BCUT2D eigenvalue weighted by Gasteiger charge is 2.61. The van der Waals surface area contributed by atoms with Crippen LogP contribution < -0.4 is 26.0 Å². The Morgan fingerprint density at radius 1 is 1.04 bits per heavy atom. The molecule has 3 unspecified atom stereocenters. The average molecular weight is 710 g/mol. The molecule has 6 atom stereocenters. The Kier molecular flexibility index (Phi) is 6.26. The minimum atomic E-state index is -1.05. The van der Waals surface area contributed by atoms with Gasteiger partial charge in [0.1, 0.15) is 23.2 Å². The zero-order chi connectivity index (χ0) is 35.7. The van der Waals surface area contributed by atoms with E-state index in [1.54, 1.807) is 6.20 Å². The number of nitrogens with one attached hydrogen (secondary N) is 5. The number of aromatic nitrogens is 3. The number of nitrogens with zero attached hydrogens (tertiary/aromatic N) is 2. The molecule has 6 N–H and O–H groups in total. The van der Waals surface area contributed by atoms with Crippen LogP contribution in [0.1, 0.15) is 54.7 Å². The molecule has 2 amide bonds. The normalized spacial score (nSPS) is 26.0. The van der Waals surface area contributed by atoms with E-state index in [0.29, 0.717) is 29.5 Å². The maximum absolute atomic E-state index is 14.2. The summed E-state index contributed by atoms with van der Waals surface area (Å²) in [7, 11) is 0. The van der Waals surface area contributed by atoms with Crippen molar-refractivity contribution in [1.82, 2.24) is 30.9 Å². The molecule has 0 radical (unpaired) electrons. The SMILES string of the molecule is CC(C)C1NC(=O)[C@@H](NC(=O)[C@@H]2C[C@@H](O)CN2)Cc2ccc3c(c2)C24c5cccc(c5NC2O3)-c2cccc3[nH]cc(c23)-c2cnc(o2)-c2nc1oc24. The standard InChI is InChI=1S/C40H35N7O6/c1-17(2)31-38-46-33-34(53-38)40-23-7-3-6-21(20-5-4-8-25-30(20)22(15-42-25)29-16-43-37(33)51-29)32(23)47-39(40)52-28-10-9-18(11-24(28)40)12-27(36(50)45-31)44-35(49)26-13-19(48)14-41-26/h3-11,15-17,19,26-27,31,39,41-42,47-48H,12-14H2,1-2H3,(H,44,49)(H,45,50)/t19-,26+,27+,31?,39?,40?/m1/s1. The van der Waals surface area contributed by atoms with Gasteiger partial charge in [-0.15, -0.1) is 0 Å². The maximum Gasteiger partial charge on any atom is 0.249 e. The summed E-state index contributed by atoms with van der Waals surface area (Å²) in [5, 5.41) is 24.1. The van der Waals surface area contributed by atoms with E-state index in [1.807, 2.05) is 50.4 Å². The molecule has 1 saturated heterocycles. The fourth-order valence-electron chi connectivity index (χ4n) is 9.05. The van der Waals surface area contributed by atoms with Gasteiger partial charge in [-0.05, 0) is 35.6 Å². The molecule has 0 saturated carbocycles. The highest BCUT2D eigenvalue weighted by molar-refractivity contribution is 6.07. The molecule has 53 heavy (non-hydrogen) atoms. The molecule has 1 spiro atoms. The van der Waals surface area contributed by atoms with Crippen molar-refractivity contribution in [2.45, 2.75) is 62.6 Å². The van der Waals surface area contributed by atoms with Crippen LogP contribution in [0, 0.1) is 5.92 Å². The molecule has 6 aromatic rings. The second kappa shape index (κ2) is 10.8. The van der Waals surface area contributed by atoms with Crippen LogP contribution in [-0.4, -0.2) is 62.8 Å². The van der Waals surface area contributed by atoms with Crippen LogP contribution in [0.2, 0.25) is 0 Å². The number of para-hydroxylation sites is 1. The van der Waals surface area contributed by atoms with Gasteiger partial charge >= 0.3 is 0 Å². The van der Waals surface area contributed by atoms with Gasteiger partial charge in [-0.2, -0.15) is 0 Å². The third-order valence-electron chi connectivity index (χ3n) is 11.6. The van der Waals surface area contributed by atoms with E-state index < -0.39 is 35.9 Å². The number of hydrogen-bond acceptors (Lipinski definition) is 10. The minimum absolute atomic E-state index is 0.156. The summed E-state index contributed by atoms with van der Waals surface area (Å²) < 4.78 is 20.4. The lowest BCUT2D eigenvalue weighted by Gasteiger charge is -2.29. The third kappa shape index (κ3) is 4.20. The van der Waals surface area contributed by atoms with E-state index in [-0.39, 0.29) is 42.4 Å². The van der Waals surface area contributed by atoms with Gasteiger partial charge in [0.2, 0.25) is 23.6 Å². The first-order chi connectivity index (χ1) is 25.8. The Morgan fingerprint density at radius 2 is 1.91 bits per heavy atom. The second-order valence-electron chi connectivity index (χ2n) is 15.0. The van der Waals surface area contributed by atoms with Crippen LogP contribution >= 0.6 is 0 Å². The van der Waals surface area contributed by atoms with E-state index in [0.717, 1.165) is 50.0 Å². The van der Waals surface area contributed by atoms with Crippen molar-refractivity contribution in [3.05, 3.63) is 95.3 Å². The van der Waals surface area contributed by atoms with Crippen LogP contribution in [0.15, 0.2) is 75.8 Å². The number of benzene rings is 3. The topological polar surface area (TPSA) is 180 Å². The number of oxazole rings is 2. The van der Waals surface area contributed by atoms with E-state index in [9.17, 15) is 14.7 Å². The molecule has 13 nitrogen and oxygen atoms in total. The largest absolute Gasteiger partial charge is 0.469 e. The number of aliphatic hydroxyl groups is 1. The summed E-state index contributed by atoms with van der Waals surface area (Å²) in [6.07, 6.45) is 2.88. The van der Waals surface area contributed by atoms with Crippen molar-refractivity contribution in [1.29, 1.82) is 0 Å². The van der Waals surface area contributed by atoms with Gasteiger partial charge < -0.3 is 44.9 Å². The summed E-state index contributed by atoms with van der Waals surface area (Å²) in [5.41, 5.74) is 6.72. The predicted octanol–water partition coefficient (Wildman–Crippen LogP) is 4.51. The number of hydrogen-bond donors (Lipinski definition) is 6. The first kappa shape index (κ1) is 30.7. The number of aliphatic hydroxyl groups excluding tert-OH is 1. The average Bonchev–Trinajstić information content (AvgIpc) is 3.99. The van der Waals surface area contributed by atoms with Crippen molar-refractivity contribution in [2.24, 2.45) is 5.92 Å². The van der Waals surface area contributed by atoms with Crippen LogP contribution in [-0.2, 0) is 21.4 Å². The summed E-state index contributed by atoms with van der Waals surface area (Å²) in [6, 6.07) is 16.2. The van der Waals surface area contributed by atoms with Crippen molar-refractivity contribution < 1.29 is 28.3 Å². The lowest BCUT2D eigenvalue weighted by Crippen LogP contribution is -2.53. The number of aromatic amines is 1. The van der Waals surface area contributed by atoms with Crippen molar-refractivity contribution in [3.63, 3.8) is 0 Å². The van der Waals surface area contributed by atoms with Crippen LogP contribution in [0.5, 0.6) is 5.75 Å². The van der Waals surface area contributed by atoms with E-state index >= 15 is 0 Å². The lowest BCUT2D eigenvalue weighted by molar-refractivity contribution is -0.130. The van der Waals surface area contributed by atoms with Gasteiger partial charge in [0, 0.05) is 58.0 Å². The van der Waals surface area contributed by atoms with Crippen LogP contribution in [0.25, 0.3) is 44.9 Å². The number of amides is 2. The minimum Gasteiger partial charge on any atom is -0.469 e. The summed E-state index contributed by atoms with van der Waals surface area (Å²) >= 11 is 0. The Labute approximate surface area is 302 Å². The Morgan fingerprint density at radius 3 is 2.75 bits per heavy atom. The second-order valence-corrected chi connectivity index (χ2v) is 15.0. The Bertz CT molecular complexity index is 2530. The molecule has 266 valence electrons. The Hall–Kier alpha value is -5.92. The molecular formula is C40H35N7O6. The monoisotopic (exact) mass is 709 g/mol. The summed E-state index contributed by atoms with van der Waals surface area (Å²) in [6.45, 7) is 4.28. The summed E-state index contributed by atoms with van der Waals surface area (Å²) in [5.74, 6) is 1.42. The molecule has 3 aromatic heterocycles. The molecule has 10 bridgehead atoms. The highest BCUT2D eigenvalue weighted by atomic mass is 16.5. The summed E-state index contributed by atoms with van der Waals surface area (Å²) in [4.78, 5) is 41.1. The van der Waals surface area contributed by atoms with Crippen molar-refractivity contribution in [2.75, 3.05) is 11.9 Å². The predicted molar refractivity (Wildman–Crippen MR) is 193 cm³/mol. The number of carbonyl (C=O) groups is 2. The third-order valence-corrected chi connectivity index (χ3v) is 11.6. The van der Waals surface area contributed by atoms with Crippen molar-refractivity contribution in [3.8, 4) is 39.8 Å². The molecule has 0 aliphatic carbocycles. The van der Waals surface area contributed by atoms with E-state index in [2.05, 4.69) is 50.5 Å². The lowest BCUT2D eigenvalue weighted by atomic mass is 9.72. The first-order valence-electron chi connectivity index (χ1n) is 18.1. The van der Waals surface area contributed by atoms with E-state index in [4.69, 9.17) is 23.5 Å². The van der Waals surface area contributed by atoms with Gasteiger partial charge in [-0.25, -0.2) is 9.97 Å². The van der Waals surface area contributed by atoms with Crippen LogP contribution in [0.3, 0.4) is 0 Å². The molecular weight excluding hydrogens is 674 g/mol. The smallest absolute Gasteiger partial charge is 0.249 e. The number of anilines is 1. The molecule has 5 aliphatic heterocycles. The highest BCUT2D eigenvalue weighted by Crippen LogP contribution is 2.61. The molecule has 3 aromatic carbocycles. The first-order valence-corrected chi connectivity index (χ1v) is 18.1. The zero-order valence-corrected chi connectivity index (χ0v) is 28.8. The van der Waals surface area contributed by atoms with Gasteiger partial charge in [0.25, 0.3) is 0 Å². The number of H-pyrrole nitrogens is 1. The molecule has 13 heteroatoms. The van der Waals surface area contributed by atoms with Gasteiger partial charge in [0.15, 0.2) is 23.4 Å². The molecule has 5 aliphatic rings. The van der Waals surface area contributed by atoms with Gasteiger partial charge in [-0.3, -0.25) is 9.59 Å². The number of ether oxygens (including phenoxy) is 1. The van der Waals surface area contributed by atoms with Crippen molar-refractivity contribution >= 4 is 28.4 Å². The molecule has 1 fully saturated rings. The number of β-amino-alcohol motifs (C(OH)–C–C–N with tert-alkyl or cyclic N) is 1. The zero-order valence-electron chi connectivity index (χ0n) is 28.8. The fourth-order valence-corrected chi connectivity index (χ4v) is 9.05. The Balaban J connectivity index is 1.18. The molecule has 11 rings (SSSR count). The number of fused-ring (bicyclic) bond motifs is 7. The van der Waals surface area contributed by atoms with Crippen LogP contribution in [0.4, 0.5) is 5.69 Å². The van der Waals surface area contributed by atoms with Gasteiger partial charge in [-0.1, -0.05) is 56.3 Å².